The van der Waals surface area contributed by atoms with Gasteiger partial charge in [0, 0.05) is 20.6 Å². The van der Waals surface area contributed by atoms with Gasteiger partial charge in [0.15, 0.2) is 0 Å². The number of nitrogen functional groups attached to an aromatic ring is 1. The maximum Gasteiger partial charge on any atom is 0.125 e. The summed E-state index contributed by atoms with van der Waals surface area (Å²) in [4.78, 5) is 2.29. The van der Waals surface area contributed by atoms with Gasteiger partial charge in [-0.1, -0.05) is 25.8 Å². The SMILES string of the molecule is CSc1cccc(SC2CCCC(C)C2)c1C(=N)N. The van der Waals surface area contributed by atoms with E-state index in [1.165, 1.54) is 30.6 Å². The molecule has 19 heavy (non-hydrogen) atoms. The van der Waals surface area contributed by atoms with E-state index in [9.17, 15) is 0 Å². The zero-order valence-corrected chi connectivity index (χ0v) is 13.2. The van der Waals surface area contributed by atoms with Crippen molar-refractivity contribution < 1.29 is 0 Å². The molecule has 1 aliphatic carbocycles. The van der Waals surface area contributed by atoms with Crippen LogP contribution in [0.4, 0.5) is 0 Å². The van der Waals surface area contributed by atoms with Gasteiger partial charge in [0.05, 0.1) is 0 Å². The van der Waals surface area contributed by atoms with Crippen LogP contribution in [0.25, 0.3) is 0 Å². The molecule has 2 atom stereocenters. The predicted octanol–water partition coefficient (Wildman–Crippen LogP) is 4.36. The van der Waals surface area contributed by atoms with E-state index in [1.807, 2.05) is 18.0 Å². The highest BCUT2D eigenvalue weighted by molar-refractivity contribution is 8.00. The van der Waals surface area contributed by atoms with Crippen molar-refractivity contribution in [2.75, 3.05) is 6.26 Å². The minimum atomic E-state index is 0.191. The molecule has 2 nitrogen and oxygen atoms in total. The third kappa shape index (κ3) is 3.69. The highest BCUT2D eigenvalue weighted by Gasteiger charge is 2.22. The van der Waals surface area contributed by atoms with Crippen molar-refractivity contribution in [3.63, 3.8) is 0 Å². The maximum absolute atomic E-state index is 7.83. The molecule has 3 N–H and O–H groups in total. The van der Waals surface area contributed by atoms with Crippen LogP contribution in [0.15, 0.2) is 28.0 Å². The van der Waals surface area contributed by atoms with Crippen LogP contribution in [0, 0.1) is 11.3 Å². The van der Waals surface area contributed by atoms with E-state index in [0.717, 1.165) is 16.4 Å². The first-order chi connectivity index (χ1) is 9.11. The Bertz CT molecular complexity index is 459. The maximum atomic E-state index is 7.83. The average molecular weight is 294 g/mol. The third-order valence-electron chi connectivity index (χ3n) is 3.66. The highest BCUT2D eigenvalue weighted by Crippen LogP contribution is 2.39. The molecule has 0 bridgehead atoms. The average Bonchev–Trinajstić information content (AvgIpc) is 2.38. The predicted molar refractivity (Wildman–Crippen MR) is 86.5 cm³/mol. The number of nitrogens with two attached hydrogens (primary N) is 1. The fourth-order valence-electron chi connectivity index (χ4n) is 2.71. The second-order valence-electron chi connectivity index (χ2n) is 5.26. The zero-order chi connectivity index (χ0) is 13.8. The molecular formula is C15H22N2S2. The molecule has 0 heterocycles. The van der Waals surface area contributed by atoms with Gasteiger partial charge in [-0.25, -0.2) is 0 Å². The second kappa shape index (κ2) is 6.71. The summed E-state index contributed by atoms with van der Waals surface area (Å²) in [6.45, 7) is 2.34. The quantitative estimate of drug-likeness (QED) is 0.493. The lowest BCUT2D eigenvalue weighted by Gasteiger charge is -2.27. The van der Waals surface area contributed by atoms with Crippen molar-refractivity contribution in [3.8, 4) is 0 Å². The fraction of sp³-hybridized carbons (Fsp3) is 0.533. The number of hydrogen-bond acceptors (Lipinski definition) is 3. The summed E-state index contributed by atoms with van der Waals surface area (Å²) in [6.07, 6.45) is 7.30. The summed E-state index contributed by atoms with van der Waals surface area (Å²) in [5.74, 6) is 1.02. The number of benzene rings is 1. The molecule has 1 saturated carbocycles. The Morgan fingerprint density at radius 2 is 2.05 bits per heavy atom. The molecule has 0 saturated heterocycles. The molecule has 0 aliphatic heterocycles. The first-order valence-electron chi connectivity index (χ1n) is 6.80. The van der Waals surface area contributed by atoms with E-state index in [0.29, 0.717) is 5.25 Å². The molecule has 0 aromatic heterocycles. The first-order valence-corrected chi connectivity index (χ1v) is 8.90. The van der Waals surface area contributed by atoms with Gasteiger partial charge in [-0.15, -0.1) is 23.5 Å². The molecule has 0 spiro atoms. The summed E-state index contributed by atoms with van der Waals surface area (Å²) < 4.78 is 0. The largest absolute Gasteiger partial charge is 0.384 e. The van der Waals surface area contributed by atoms with Crippen LogP contribution in [-0.2, 0) is 0 Å². The Balaban J connectivity index is 2.21. The molecule has 104 valence electrons. The van der Waals surface area contributed by atoms with Crippen LogP contribution >= 0.6 is 23.5 Å². The molecule has 2 rings (SSSR count). The van der Waals surface area contributed by atoms with Crippen LogP contribution < -0.4 is 5.73 Å². The lowest BCUT2D eigenvalue weighted by atomic mass is 9.91. The van der Waals surface area contributed by atoms with E-state index in [4.69, 9.17) is 11.1 Å². The van der Waals surface area contributed by atoms with Crippen molar-refractivity contribution in [2.45, 2.75) is 47.6 Å². The van der Waals surface area contributed by atoms with E-state index in [-0.39, 0.29) is 5.84 Å². The fourth-order valence-corrected chi connectivity index (χ4v) is 4.98. The minimum absolute atomic E-state index is 0.191. The number of thioether (sulfide) groups is 2. The lowest BCUT2D eigenvalue weighted by molar-refractivity contribution is 0.394. The van der Waals surface area contributed by atoms with E-state index in [2.05, 4.69) is 25.1 Å². The number of nitrogens with one attached hydrogen (secondary N) is 1. The van der Waals surface area contributed by atoms with Crippen LogP contribution in [0.2, 0.25) is 0 Å². The Kier molecular flexibility index (Phi) is 5.22. The number of hydrogen-bond donors (Lipinski definition) is 2. The van der Waals surface area contributed by atoms with E-state index in [1.54, 1.807) is 11.8 Å². The Labute approximate surface area is 124 Å². The van der Waals surface area contributed by atoms with Gasteiger partial charge in [0.25, 0.3) is 0 Å². The van der Waals surface area contributed by atoms with Crippen molar-refractivity contribution in [2.24, 2.45) is 11.7 Å². The number of rotatable bonds is 4. The Morgan fingerprint density at radius 1 is 1.32 bits per heavy atom. The summed E-state index contributed by atoms with van der Waals surface area (Å²) in [7, 11) is 0. The lowest BCUT2D eigenvalue weighted by Crippen LogP contribution is -2.17. The van der Waals surface area contributed by atoms with Gasteiger partial charge in [-0.3, -0.25) is 5.41 Å². The summed E-state index contributed by atoms with van der Waals surface area (Å²) in [5, 5.41) is 8.51. The van der Waals surface area contributed by atoms with Crippen molar-refractivity contribution in [1.29, 1.82) is 5.41 Å². The van der Waals surface area contributed by atoms with Gasteiger partial charge >= 0.3 is 0 Å². The highest BCUT2D eigenvalue weighted by atomic mass is 32.2. The standard InChI is InChI=1S/C15H22N2S2/c1-10-5-3-6-11(9-10)19-13-8-4-7-12(18-2)14(13)15(16)17/h4,7-8,10-11H,3,5-6,9H2,1-2H3,(H3,16,17). The Morgan fingerprint density at radius 3 is 2.68 bits per heavy atom. The normalized spacial score (nSPS) is 23.3. The molecular weight excluding hydrogens is 272 g/mol. The number of amidine groups is 1. The second-order valence-corrected chi connectivity index (χ2v) is 7.45. The summed E-state index contributed by atoms with van der Waals surface area (Å²) in [5.41, 5.74) is 6.71. The summed E-state index contributed by atoms with van der Waals surface area (Å²) >= 11 is 3.58. The van der Waals surface area contributed by atoms with Crippen LogP contribution in [-0.4, -0.2) is 17.3 Å². The van der Waals surface area contributed by atoms with Gasteiger partial charge in [0.2, 0.25) is 0 Å². The molecule has 1 aromatic rings. The first kappa shape index (κ1) is 14.8. The Hall–Kier alpha value is -0.610. The van der Waals surface area contributed by atoms with Crippen LogP contribution in [0.5, 0.6) is 0 Å². The molecule has 2 unspecified atom stereocenters. The van der Waals surface area contributed by atoms with Crippen LogP contribution in [0.1, 0.15) is 38.2 Å². The summed E-state index contributed by atoms with van der Waals surface area (Å²) in [6, 6.07) is 6.24. The van der Waals surface area contributed by atoms with E-state index < -0.39 is 0 Å². The molecule has 0 radical (unpaired) electrons. The molecule has 1 fully saturated rings. The van der Waals surface area contributed by atoms with Gasteiger partial charge in [-0.05, 0) is 37.1 Å². The zero-order valence-electron chi connectivity index (χ0n) is 11.6. The van der Waals surface area contributed by atoms with Gasteiger partial charge in [0.1, 0.15) is 5.84 Å². The monoisotopic (exact) mass is 294 g/mol. The van der Waals surface area contributed by atoms with E-state index >= 15 is 0 Å². The van der Waals surface area contributed by atoms with Crippen molar-refractivity contribution in [1.82, 2.24) is 0 Å². The molecule has 1 aliphatic rings. The third-order valence-corrected chi connectivity index (χ3v) is 5.79. The molecule has 1 aromatic carbocycles. The van der Waals surface area contributed by atoms with Crippen LogP contribution in [0.3, 0.4) is 0 Å². The van der Waals surface area contributed by atoms with Crippen molar-refractivity contribution >= 4 is 29.4 Å². The van der Waals surface area contributed by atoms with Gasteiger partial charge in [-0.2, -0.15) is 0 Å². The van der Waals surface area contributed by atoms with Gasteiger partial charge < -0.3 is 5.73 Å². The molecule has 0 amide bonds. The molecule has 4 heteroatoms. The van der Waals surface area contributed by atoms with Crippen molar-refractivity contribution in [3.05, 3.63) is 23.8 Å². The minimum Gasteiger partial charge on any atom is -0.384 e. The topological polar surface area (TPSA) is 49.9 Å². The smallest absolute Gasteiger partial charge is 0.125 e.